The molecule has 0 aliphatic carbocycles. The number of anilines is 2. The van der Waals surface area contributed by atoms with Crippen molar-refractivity contribution in [2.24, 2.45) is 0 Å². The van der Waals surface area contributed by atoms with Crippen LogP contribution in [0, 0.1) is 6.92 Å². The van der Waals surface area contributed by atoms with Crippen LogP contribution in [0.1, 0.15) is 26.4 Å². The lowest BCUT2D eigenvalue weighted by Gasteiger charge is -2.16. The van der Waals surface area contributed by atoms with Crippen LogP contribution < -0.4 is 10.6 Å². The predicted octanol–water partition coefficient (Wildman–Crippen LogP) is 2.77. The van der Waals surface area contributed by atoms with Crippen molar-refractivity contribution in [3.63, 3.8) is 0 Å². The van der Waals surface area contributed by atoms with Gasteiger partial charge in [0, 0.05) is 22.8 Å². The van der Waals surface area contributed by atoms with E-state index in [-0.39, 0.29) is 11.5 Å². The largest absolute Gasteiger partial charge is 0.478 e. The highest BCUT2D eigenvalue weighted by Crippen LogP contribution is 2.29. The van der Waals surface area contributed by atoms with Crippen LogP contribution in [-0.2, 0) is 0 Å². The molecule has 1 aromatic carbocycles. The van der Waals surface area contributed by atoms with Gasteiger partial charge in [0.1, 0.15) is 10.6 Å². The minimum atomic E-state index is -1.10. The molecule has 0 saturated carbocycles. The summed E-state index contributed by atoms with van der Waals surface area (Å²) in [7, 11) is 1.52. The third-order valence-electron chi connectivity index (χ3n) is 2.92. The van der Waals surface area contributed by atoms with Crippen LogP contribution in [0.5, 0.6) is 0 Å². The van der Waals surface area contributed by atoms with Crippen molar-refractivity contribution in [2.75, 3.05) is 17.7 Å². The molecule has 1 aromatic heterocycles. The highest BCUT2D eigenvalue weighted by molar-refractivity contribution is 9.10. The summed E-state index contributed by atoms with van der Waals surface area (Å²) in [5.74, 6) is -1.43. The Morgan fingerprint density at radius 1 is 1.43 bits per heavy atom. The molecule has 1 amide bonds. The molecule has 0 fully saturated rings. The van der Waals surface area contributed by atoms with Crippen LogP contribution in [-0.4, -0.2) is 28.4 Å². The minimum absolute atomic E-state index is 0.0466. The summed E-state index contributed by atoms with van der Waals surface area (Å²) in [5, 5.41) is 9.53. The number of halogens is 1. The lowest BCUT2D eigenvalue weighted by molar-refractivity contribution is 0.0697. The number of hydrogen-bond donors (Lipinski definition) is 2. The Kier molecular flexibility index (Phi) is 4.29. The Morgan fingerprint density at radius 2 is 2.10 bits per heavy atom. The zero-order valence-electron chi connectivity index (χ0n) is 11.3. The third-order valence-corrected chi connectivity index (χ3v) is 4.62. The quantitative estimate of drug-likeness (QED) is 0.810. The van der Waals surface area contributed by atoms with Crippen molar-refractivity contribution in [1.29, 1.82) is 0 Å². The van der Waals surface area contributed by atoms with Gasteiger partial charge in [0.05, 0.1) is 5.69 Å². The second kappa shape index (κ2) is 5.82. The summed E-state index contributed by atoms with van der Waals surface area (Å²) >= 11 is 4.24. The number of carboxylic acid groups (broad SMARTS) is 1. The molecular weight excluding hydrogens is 358 g/mol. The van der Waals surface area contributed by atoms with Crippen LogP contribution in [0.15, 0.2) is 22.7 Å². The van der Waals surface area contributed by atoms with Gasteiger partial charge in [-0.1, -0.05) is 0 Å². The summed E-state index contributed by atoms with van der Waals surface area (Å²) in [6.07, 6.45) is 0. The van der Waals surface area contributed by atoms with Gasteiger partial charge < -0.3 is 15.7 Å². The normalized spacial score (nSPS) is 10.4. The molecule has 110 valence electrons. The predicted molar refractivity (Wildman–Crippen MR) is 85.1 cm³/mol. The van der Waals surface area contributed by atoms with E-state index in [0.29, 0.717) is 26.4 Å². The number of benzene rings is 1. The van der Waals surface area contributed by atoms with Gasteiger partial charge in [-0.15, -0.1) is 0 Å². The van der Waals surface area contributed by atoms with E-state index in [1.165, 1.54) is 11.9 Å². The number of nitrogens with two attached hydrogens (primary N) is 1. The van der Waals surface area contributed by atoms with E-state index in [4.69, 9.17) is 5.73 Å². The Hall–Kier alpha value is -1.93. The van der Waals surface area contributed by atoms with Crippen molar-refractivity contribution in [3.8, 4) is 0 Å². The van der Waals surface area contributed by atoms with Crippen LogP contribution in [0.3, 0.4) is 0 Å². The molecule has 0 radical (unpaired) electrons. The second-order valence-corrected chi connectivity index (χ2v) is 5.96. The van der Waals surface area contributed by atoms with E-state index in [2.05, 4.69) is 20.3 Å². The van der Waals surface area contributed by atoms with Gasteiger partial charge in [0.25, 0.3) is 5.91 Å². The van der Waals surface area contributed by atoms with Crippen LogP contribution in [0.25, 0.3) is 0 Å². The molecule has 3 N–H and O–H groups in total. The Morgan fingerprint density at radius 3 is 2.67 bits per heavy atom. The molecular formula is C13H12BrN3O3S. The maximum atomic E-state index is 12.4. The van der Waals surface area contributed by atoms with E-state index in [0.717, 1.165) is 11.5 Å². The van der Waals surface area contributed by atoms with Crippen LogP contribution in [0.2, 0.25) is 0 Å². The first-order valence-electron chi connectivity index (χ1n) is 5.85. The highest BCUT2D eigenvalue weighted by atomic mass is 79.9. The maximum Gasteiger partial charge on any atom is 0.340 e. The summed E-state index contributed by atoms with van der Waals surface area (Å²) in [6.45, 7) is 1.60. The fourth-order valence-corrected chi connectivity index (χ4v) is 3.00. The molecule has 1 heterocycles. The number of nitrogens with zero attached hydrogens (tertiary/aromatic N) is 2. The zero-order valence-corrected chi connectivity index (χ0v) is 13.7. The van der Waals surface area contributed by atoms with Crippen LogP contribution in [0.4, 0.5) is 10.7 Å². The molecule has 2 aromatic rings. The summed E-state index contributed by atoms with van der Waals surface area (Å²) in [5.41, 5.74) is 7.05. The second-order valence-electron chi connectivity index (χ2n) is 4.35. The van der Waals surface area contributed by atoms with E-state index in [1.54, 1.807) is 25.1 Å². The number of amides is 1. The first-order chi connectivity index (χ1) is 9.82. The summed E-state index contributed by atoms with van der Waals surface area (Å²) in [4.78, 5) is 25.0. The first kappa shape index (κ1) is 15.5. The van der Waals surface area contributed by atoms with Gasteiger partial charge in [-0.3, -0.25) is 4.79 Å². The van der Waals surface area contributed by atoms with Crippen molar-refractivity contribution in [2.45, 2.75) is 6.92 Å². The van der Waals surface area contributed by atoms with Crippen molar-refractivity contribution < 1.29 is 14.7 Å². The maximum absolute atomic E-state index is 12.4. The molecule has 8 heteroatoms. The molecule has 0 atom stereocenters. The van der Waals surface area contributed by atoms with E-state index < -0.39 is 5.97 Å². The number of carboxylic acids is 1. The number of aromatic carboxylic acids is 1. The molecule has 6 nitrogen and oxygen atoms in total. The van der Waals surface area contributed by atoms with E-state index >= 15 is 0 Å². The monoisotopic (exact) mass is 369 g/mol. The molecule has 0 aliphatic rings. The lowest BCUT2D eigenvalue weighted by Crippen LogP contribution is -2.27. The standard InChI is InChI=1S/C13H12BrN3O3S/c1-6-10(13(19)20)12(21-16-6)17(2)11(18)7-3-4-9(15)8(14)5-7/h3-5H,15H2,1-2H3,(H,19,20). The number of rotatable bonds is 3. The number of hydrogen-bond acceptors (Lipinski definition) is 5. The van der Waals surface area contributed by atoms with E-state index in [9.17, 15) is 14.7 Å². The average Bonchev–Trinajstić information content (AvgIpc) is 2.82. The molecule has 0 saturated heterocycles. The topological polar surface area (TPSA) is 96.5 Å². The first-order valence-corrected chi connectivity index (χ1v) is 7.42. The van der Waals surface area contributed by atoms with Gasteiger partial charge in [-0.05, 0) is 52.6 Å². The van der Waals surface area contributed by atoms with Crippen molar-refractivity contribution in [1.82, 2.24) is 4.37 Å². The highest BCUT2D eigenvalue weighted by Gasteiger charge is 2.24. The molecule has 0 aliphatic heterocycles. The minimum Gasteiger partial charge on any atom is -0.478 e. The summed E-state index contributed by atoms with van der Waals surface area (Å²) in [6, 6.07) is 4.80. The molecule has 0 bridgehead atoms. The smallest absolute Gasteiger partial charge is 0.340 e. The molecule has 2 rings (SSSR count). The Balaban J connectivity index is 2.40. The van der Waals surface area contributed by atoms with Gasteiger partial charge in [0.15, 0.2) is 0 Å². The molecule has 21 heavy (non-hydrogen) atoms. The van der Waals surface area contributed by atoms with Crippen LogP contribution >= 0.6 is 27.5 Å². The van der Waals surface area contributed by atoms with Gasteiger partial charge in [0.2, 0.25) is 0 Å². The SMILES string of the molecule is Cc1nsc(N(C)C(=O)c2ccc(N)c(Br)c2)c1C(=O)O. The Labute approximate surface area is 133 Å². The fourth-order valence-electron chi connectivity index (χ4n) is 1.78. The number of aromatic nitrogens is 1. The summed E-state index contributed by atoms with van der Waals surface area (Å²) < 4.78 is 4.62. The molecule has 0 spiro atoms. The van der Waals surface area contributed by atoms with Gasteiger partial charge >= 0.3 is 5.97 Å². The van der Waals surface area contributed by atoms with E-state index in [1.807, 2.05) is 0 Å². The average molecular weight is 370 g/mol. The number of aryl methyl sites for hydroxylation is 1. The number of nitrogen functional groups attached to an aromatic ring is 1. The number of carbonyl (C=O) groups is 2. The fraction of sp³-hybridized carbons (Fsp3) is 0.154. The molecule has 0 unspecified atom stereocenters. The van der Waals surface area contributed by atoms with Crippen molar-refractivity contribution in [3.05, 3.63) is 39.5 Å². The third kappa shape index (κ3) is 2.91. The van der Waals surface area contributed by atoms with Crippen molar-refractivity contribution >= 4 is 50.0 Å². The number of carbonyl (C=O) groups excluding carboxylic acids is 1. The zero-order chi connectivity index (χ0) is 15.7. The van der Waals surface area contributed by atoms with Gasteiger partial charge in [-0.25, -0.2) is 4.79 Å². The lowest BCUT2D eigenvalue weighted by atomic mass is 10.1. The Bertz CT molecular complexity index is 729. The van der Waals surface area contributed by atoms with Gasteiger partial charge in [-0.2, -0.15) is 4.37 Å².